The van der Waals surface area contributed by atoms with Crippen molar-refractivity contribution >= 4 is 21.6 Å². The normalized spacial score (nSPS) is 11.6. The average molecular weight is 328 g/mol. The van der Waals surface area contributed by atoms with Crippen molar-refractivity contribution in [2.75, 3.05) is 0 Å². The number of hydrogen-bond acceptors (Lipinski definition) is 2. The largest absolute Gasteiger partial charge is 0.416 e. The van der Waals surface area contributed by atoms with Crippen molar-refractivity contribution in [3.63, 3.8) is 0 Å². The topological polar surface area (TPSA) is 0 Å². The number of alkyl halides is 3. The summed E-state index contributed by atoms with van der Waals surface area (Å²) in [5.74, 6) is 1.42. The predicted molar refractivity (Wildman–Crippen MR) is 85.2 cm³/mol. The van der Waals surface area contributed by atoms with Gasteiger partial charge in [0.25, 0.3) is 0 Å². The van der Waals surface area contributed by atoms with Crippen LogP contribution >= 0.6 is 21.6 Å². The van der Waals surface area contributed by atoms with Gasteiger partial charge < -0.3 is 0 Å². The summed E-state index contributed by atoms with van der Waals surface area (Å²) in [5.41, 5.74) is 2.57. The highest BCUT2D eigenvalue weighted by Crippen LogP contribution is 2.33. The van der Waals surface area contributed by atoms with Crippen LogP contribution in [0, 0.1) is 6.92 Å². The molecule has 0 nitrogen and oxygen atoms in total. The molecule has 21 heavy (non-hydrogen) atoms. The lowest BCUT2D eigenvalue weighted by atomic mass is 10.1. The molecule has 0 amide bonds. The molecule has 0 aliphatic carbocycles. The smallest absolute Gasteiger partial charge is 0.166 e. The van der Waals surface area contributed by atoms with Crippen LogP contribution < -0.4 is 0 Å². The van der Waals surface area contributed by atoms with Gasteiger partial charge in [-0.25, -0.2) is 0 Å². The zero-order chi connectivity index (χ0) is 15.3. The van der Waals surface area contributed by atoms with E-state index in [0.29, 0.717) is 11.3 Å². The van der Waals surface area contributed by atoms with E-state index in [2.05, 4.69) is 12.1 Å². The monoisotopic (exact) mass is 328 g/mol. The molecule has 0 bridgehead atoms. The summed E-state index contributed by atoms with van der Waals surface area (Å²) in [4.78, 5) is 0. The number of aryl methyl sites for hydroxylation is 1. The Morgan fingerprint density at radius 3 is 2.00 bits per heavy atom. The average Bonchev–Trinajstić information content (AvgIpc) is 2.43. The lowest BCUT2D eigenvalue weighted by Gasteiger charge is -2.08. The van der Waals surface area contributed by atoms with Gasteiger partial charge in [-0.1, -0.05) is 69.6 Å². The Kier molecular flexibility index (Phi) is 5.65. The molecule has 2 rings (SSSR count). The number of halogens is 3. The zero-order valence-corrected chi connectivity index (χ0v) is 13.1. The lowest BCUT2D eigenvalue weighted by Crippen LogP contribution is -2.04. The maximum Gasteiger partial charge on any atom is 0.416 e. The minimum atomic E-state index is -4.27. The van der Waals surface area contributed by atoms with Crippen molar-refractivity contribution in [3.8, 4) is 0 Å². The van der Waals surface area contributed by atoms with Crippen molar-refractivity contribution in [3.05, 3.63) is 70.8 Å². The Balaban J connectivity index is 1.84. The molecule has 0 N–H and O–H groups in total. The second-order valence-electron chi connectivity index (χ2n) is 4.71. The third kappa shape index (κ3) is 5.32. The molecule has 0 fully saturated rings. The molecule has 0 unspecified atom stereocenters. The van der Waals surface area contributed by atoms with Crippen molar-refractivity contribution in [2.45, 2.75) is 24.6 Å². The van der Waals surface area contributed by atoms with Crippen LogP contribution in [0.1, 0.15) is 22.3 Å². The van der Waals surface area contributed by atoms with E-state index in [1.807, 2.05) is 19.1 Å². The second-order valence-corrected chi connectivity index (χ2v) is 7.17. The molecule has 2 aromatic carbocycles. The van der Waals surface area contributed by atoms with E-state index in [0.717, 1.165) is 11.8 Å². The van der Waals surface area contributed by atoms with Crippen LogP contribution in [0.5, 0.6) is 0 Å². The first-order chi connectivity index (χ1) is 9.95. The summed E-state index contributed by atoms with van der Waals surface area (Å²) in [6.45, 7) is 2.05. The van der Waals surface area contributed by atoms with Crippen LogP contribution in [0.15, 0.2) is 48.5 Å². The molecule has 0 aliphatic heterocycles. The number of hydrogen-bond donors (Lipinski definition) is 0. The van der Waals surface area contributed by atoms with E-state index in [1.54, 1.807) is 27.7 Å². The van der Waals surface area contributed by atoms with Crippen LogP contribution in [-0.2, 0) is 17.7 Å². The highest BCUT2D eigenvalue weighted by molar-refractivity contribution is 8.76. The van der Waals surface area contributed by atoms with Crippen LogP contribution in [0.4, 0.5) is 13.2 Å². The first-order valence-electron chi connectivity index (χ1n) is 6.41. The van der Waals surface area contributed by atoms with Gasteiger partial charge in [-0.3, -0.25) is 0 Å². The first kappa shape index (κ1) is 16.3. The van der Waals surface area contributed by atoms with Gasteiger partial charge in [0.05, 0.1) is 5.56 Å². The fourth-order valence-electron chi connectivity index (χ4n) is 1.86. The van der Waals surface area contributed by atoms with Crippen LogP contribution in [0.25, 0.3) is 0 Å². The summed E-state index contributed by atoms with van der Waals surface area (Å²) in [7, 11) is 3.23. The van der Waals surface area contributed by atoms with Gasteiger partial charge in [0.15, 0.2) is 0 Å². The van der Waals surface area contributed by atoms with Gasteiger partial charge in [-0.2, -0.15) is 13.2 Å². The second kappa shape index (κ2) is 7.27. The van der Waals surface area contributed by atoms with Crippen molar-refractivity contribution < 1.29 is 13.2 Å². The van der Waals surface area contributed by atoms with Crippen molar-refractivity contribution in [1.29, 1.82) is 0 Å². The molecule has 2 aromatic rings. The molecule has 112 valence electrons. The Hall–Kier alpha value is -1.07. The Morgan fingerprint density at radius 2 is 1.43 bits per heavy atom. The molecule has 0 saturated carbocycles. The fraction of sp³-hybridized carbons (Fsp3) is 0.250. The molecule has 0 atom stereocenters. The lowest BCUT2D eigenvalue weighted by molar-refractivity contribution is -0.137. The summed E-state index contributed by atoms with van der Waals surface area (Å²) in [6, 6.07) is 13.8. The van der Waals surface area contributed by atoms with E-state index >= 15 is 0 Å². The molecule has 0 radical (unpaired) electrons. The summed E-state index contributed by atoms with van der Waals surface area (Å²) < 4.78 is 37.8. The third-order valence-corrected chi connectivity index (χ3v) is 5.15. The predicted octanol–water partition coefficient (Wildman–Crippen LogP) is 6.10. The quantitative estimate of drug-likeness (QED) is 0.481. The minimum Gasteiger partial charge on any atom is -0.166 e. The van der Waals surface area contributed by atoms with E-state index in [-0.39, 0.29) is 0 Å². The van der Waals surface area contributed by atoms with Crippen molar-refractivity contribution in [2.24, 2.45) is 0 Å². The van der Waals surface area contributed by atoms with Gasteiger partial charge in [0.1, 0.15) is 0 Å². The molecule has 0 spiro atoms. The molecule has 0 aromatic heterocycles. The standard InChI is InChI=1S/C16H15F3S2/c1-12-4-2-5-13(8-12)10-20-21-11-14-6-3-7-15(9-14)16(17,18)19/h2-9H,10-11H2,1H3. The van der Waals surface area contributed by atoms with Crippen LogP contribution in [-0.4, -0.2) is 0 Å². The molecular formula is C16H15F3S2. The van der Waals surface area contributed by atoms with E-state index in [4.69, 9.17) is 0 Å². The Labute approximate surface area is 130 Å². The molecule has 0 heterocycles. The molecular weight excluding hydrogens is 313 g/mol. The first-order valence-corrected chi connectivity index (χ1v) is 8.90. The summed E-state index contributed by atoms with van der Waals surface area (Å²) >= 11 is 0. The maximum atomic E-state index is 12.6. The van der Waals surface area contributed by atoms with Gasteiger partial charge in [0.2, 0.25) is 0 Å². The highest BCUT2D eigenvalue weighted by Gasteiger charge is 2.30. The van der Waals surface area contributed by atoms with Crippen LogP contribution in [0.2, 0.25) is 0 Å². The number of benzene rings is 2. The van der Waals surface area contributed by atoms with Crippen molar-refractivity contribution in [1.82, 2.24) is 0 Å². The van der Waals surface area contributed by atoms with Gasteiger partial charge in [-0.15, -0.1) is 0 Å². The summed E-state index contributed by atoms with van der Waals surface area (Å²) in [6.07, 6.45) is -4.27. The Bertz CT molecular complexity index is 594. The summed E-state index contributed by atoms with van der Waals surface area (Å²) in [5, 5.41) is 0. The minimum absolute atomic E-state index is 0.570. The maximum absolute atomic E-state index is 12.6. The highest BCUT2D eigenvalue weighted by atomic mass is 33.1. The molecule has 0 aliphatic rings. The molecule has 5 heteroatoms. The van der Waals surface area contributed by atoms with E-state index in [1.165, 1.54) is 23.3 Å². The van der Waals surface area contributed by atoms with E-state index in [9.17, 15) is 13.2 Å². The zero-order valence-electron chi connectivity index (χ0n) is 11.5. The number of rotatable bonds is 5. The fourth-order valence-corrected chi connectivity index (χ4v) is 3.97. The SMILES string of the molecule is Cc1cccc(CSSCc2cccc(C(F)(F)F)c2)c1. The van der Waals surface area contributed by atoms with Crippen LogP contribution in [0.3, 0.4) is 0 Å². The molecule has 0 saturated heterocycles. The Morgan fingerprint density at radius 1 is 0.857 bits per heavy atom. The van der Waals surface area contributed by atoms with Gasteiger partial charge in [0, 0.05) is 11.5 Å². The van der Waals surface area contributed by atoms with Gasteiger partial charge in [-0.05, 0) is 24.1 Å². The van der Waals surface area contributed by atoms with Gasteiger partial charge >= 0.3 is 6.18 Å². The third-order valence-electron chi connectivity index (χ3n) is 2.87. The van der Waals surface area contributed by atoms with E-state index < -0.39 is 11.7 Å².